The molecule has 0 unspecified atom stereocenters. The van der Waals surface area contributed by atoms with Gasteiger partial charge in [-0.3, -0.25) is 0 Å². The van der Waals surface area contributed by atoms with Crippen molar-refractivity contribution >= 4 is 23.1 Å². The molecule has 0 saturated carbocycles. The van der Waals surface area contributed by atoms with Crippen LogP contribution in [-0.2, 0) is 6.54 Å². The highest BCUT2D eigenvalue weighted by atomic mass is 32.1. The fraction of sp³-hybridized carbons (Fsp3) is 0.188. The van der Waals surface area contributed by atoms with Crippen molar-refractivity contribution in [2.45, 2.75) is 13.0 Å². The van der Waals surface area contributed by atoms with Gasteiger partial charge in [0, 0.05) is 22.5 Å². The molecule has 0 aliphatic carbocycles. The molecule has 0 aliphatic rings. The third kappa shape index (κ3) is 4.95. The maximum Gasteiger partial charge on any atom is 0.319 e. The Kier molecular flexibility index (Phi) is 5.83. The van der Waals surface area contributed by atoms with Gasteiger partial charge in [0.1, 0.15) is 0 Å². The van der Waals surface area contributed by atoms with Gasteiger partial charge in [0.05, 0.1) is 13.2 Å². The predicted molar refractivity (Wildman–Crippen MR) is 85.2 cm³/mol. The topological polar surface area (TPSA) is 61.4 Å². The summed E-state index contributed by atoms with van der Waals surface area (Å²) in [5.74, 6) is 5.88. The molecule has 1 aromatic carbocycles. The summed E-state index contributed by atoms with van der Waals surface area (Å²) < 4.78 is 0. The van der Waals surface area contributed by atoms with Gasteiger partial charge < -0.3 is 15.7 Å². The number of nitrogens with one attached hydrogen (secondary N) is 2. The Morgan fingerprint density at radius 3 is 2.81 bits per heavy atom. The number of thiophene rings is 1. The molecular formula is C16H16N2O2S. The Bertz CT molecular complexity index is 641. The molecular weight excluding hydrogens is 284 g/mol. The standard InChI is InChI=1S/C16H16N2O2S/c19-10-5-4-6-13-9-11-21-15(13)12-17-16(20)18-14-7-2-1-3-8-14/h1-3,7-9,11,19H,5,10,12H2,(H2,17,18,20). The fourth-order valence-electron chi connectivity index (χ4n) is 1.66. The van der Waals surface area contributed by atoms with Gasteiger partial charge in [-0.25, -0.2) is 4.79 Å². The van der Waals surface area contributed by atoms with E-state index in [1.807, 2.05) is 41.8 Å². The number of para-hydroxylation sites is 1. The SMILES string of the molecule is O=C(NCc1sccc1C#CCCO)Nc1ccccc1. The highest BCUT2D eigenvalue weighted by Crippen LogP contribution is 2.15. The number of benzene rings is 1. The number of aliphatic hydroxyl groups is 1. The summed E-state index contributed by atoms with van der Waals surface area (Å²) in [5, 5.41) is 16.2. The van der Waals surface area contributed by atoms with Crippen molar-refractivity contribution in [3.8, 4) is 11.8 Å². The van der Waals surface area contributed by atoms with Crippen LogP contribution in [0.1, 0.15) is 16.9 Å². The molecule has 0 saturated heterocycles. The van der Waals surface area contributed by atoms with Gasteiger partial charge in [-0.05, 0) is 23.6 Å². The average Bonchev–Trinajstić information content (AvgIpc) is 2.94. The number of hydrogen-bond donors (Lipinski definition) is 3. The van der Waals surface area contributed by atoms with Crippen molar-refractivity contribution < 1.29 is 9.90 Å². The quantitative estimate of drug-likeness (QED) is 0.760. The molecule has 0 atom stereocenters. The third-order valence-electron chi connectivity index (χ3n) is 2.65. The van der Waals surface area contributed by atoms with E-state index < -0.39 is 0 Å². The number of rotatable bonds is 4. The summed E-state index contributed by atoms with van der Waals surface area (Å²) in [6.07, 6.45) is 0.456. The zero-order valence-corrected chi connectivity index (χ0v) is 12.2. The van der Waals surface area contributed by atoms with Gasteiger partial charge in [-0.1, -0.05) is 30.0 Å². The lowest BCUT2D eigenvalue weighted by Gasteiger charge is -2.06. The van der Waals surface area contributed by atoms with Crippen LogP contribution in [-0.4, -0.2) is 17.7 Å². The Labute approximate surface area is 127 Å². The Hall–Kier alpha value is -2.29. The molecule has 0 bridgehead atoms. The second-order valence-electron chi connectivity index (χ2n) is 4.21. The van der Waals surface area contributed by atoms with Gasteiger partial charge >= 0.3 is 6.03 Å². The molecule has 2 aromatic rings. The highest BCUT2D eigenvalue weighted by molar-refractivity contribution is 7.10. The van der Waals surface area contributed by atoms with Gasteiger partial charge in [-0.2, -0.15) is 0 Å². The van der Waals surface area contributed by atoms with Crippen molar-refractivity contribution in [3.63, 3.8) is 0 Å². The largest absolute Gasteiger partial charge is 0.395 e. The molecule has 0 aliphatic heterocycles. The lowest BCUT2D eigenvalue weighted by molar-refractivity contribution is 0.252. The smallest absolute Gasteiger partial charge is 0.319 e. The first kappa shape index (κ1) is 15.1. The molecule has 108 valence electrons. The molecule has 3 N–H and O–H groups in total. The number of amides is 2. The summed E-state index contributed by atoms with van der Waals surface area (Å²) in [6.45, 7) is 0.490. The molecule has 2 amide bonds. The van der Waals surface area contributed by atoms with Crippen LogP contribution in [0.5, 0.6) is 0 Å². The van der Waals surface area contributed by atoms with Gasteiger partial charge in [0.2, 0.25) is 0 Å². The van der Waals surface area contributed by atoms with Crippen LogP contribution in [0.25, 0.3) is 0 Å². The van der Waals surface area contributed by atoms with Crippen molar-refractivity contribution in [2.75, 3.05) is 11.9 Å². The molecule has 5 heteroatoms. The van der Waals surface area contributed by atoms with E-state index in [0.29, 0.717) is 13.0 Å². The second kappa shape index (κ2) is 8.10. The van der Waals surface area contributed by atoms with Crippen molar-refractivity contribution in [1.29, 1.82) is 0 Å². The van der Waals surface area contributed by atoms with Crippen LogP contribution in [0, 0.1) is 11.8 Å². The zero-order chi connectivity index (χ0) is 14.9. The van der Waals surface area contributed by atoms with Crippen LogP contribution in [0.3, 0.4) is 0 Å². The van der Waals surface area contributed by atoms with Crippen molar-refractivity contribution in [3.05, 3.63) is 52.2 Å². The van der Waals surface area contributed by atoms with E-state index in [-0.39, 0.29) is 12.6 Å². The molecule has 4 nitrogen and oxygen atoms in total. The highest BCUT2D eigenvalue weighted by Gasteiger charge is 2.05. The summed E-state index contributed by atoms with van der Waals surface area (Å²) in [6, 6.07) is 11.0. The number of carbonyl (C=O) groups excluding carboxylic acids is 1. The molecule has 21 heavy (non-hydrogen) atoms. The number of urea groups is 1. The summed E-state index contributed by atoms with van der Waals surface area (Å²) in [7, 11) is 0. The Morgan fingerprint density at radius 1 is 1.24 bits per heavy atom. The lowest BCUT2D eigenvalue weighted by Crippen LogP contribution is -2.28. The normalized spacial score (nSPS) is 9.57. The van der Waals surface area contributed by atoms with Crippen LogP contribution in [0.15, 0.2) is 41.8 Å². The minimum atomic E-state index is -0.246. The summed E-state index contributed by atoms with van der Waals surface area (Å²) in [5.41, 5.74) is 1.65. The Balaban J connectivity index is 1.87. The molecule has 0 radical (unpaired) electrons. The first-order valence-electron chi connectivity index (χ1n) is 6.55. The lowest BCUT2D eigenvalue weighted by atomic mass is 10.2. The predicted octanol–water partition coefficient (Wildman–Crippen LogP) is 2.80. The minimum absolute atomic E-state index is 0.0597. The number of hydrogen-bond acceptors (Lipinski definition) is 3. The van der Waals surface area contributed by atoms with Gasteiger partial charge in [0.25, 0.3) is 0 Å². The molecule has 0 fully saturated rings. The van der Waals surface area contributed by atoms with Gasteiger partial charge in [0.15, 0.2) is 0 Å². The third-order valence-corrected chi connectivity index (χ3v) is 3.57. The fourth-order valence-corrected chi connectivity index (χ4v) is 2.43. The van der Waals surface area contributed by atoms with E-state index in [9.17, 15) is 4.79 Å². The monoisotopic (exact) mass is 300 g/mol. The molecule has 1 heterocycles. The molecule has 1 aromatic heterocycles. The number of aliphatic hydroxyl groups excluding tert-OH is 1. The Morgan fingerprint density at radius 2 is 2.05 bits per heavy atom. The molecule has 2 rings (SSSR count). The van der Waals surface area contributed by atoms with E-state index in [0.717, 1.165) is 16.1 Å². The summed E-state index contributed by atoms with van der Waals surface area (Å²) in [4.78, 5) is 12.8. The van der Waals surface area contributed by atoms with E-state index >= 15 is 0 Å². The van der Waals surface area contributed by atoms with Crippen molar-refractivity contribution in [1.82, 2.24) is 5.32 Å². The van der Waals surface area contributed by atoms with E-state index in [2.05, 4.69) is 22.5 Å². The van der Waals surface area contributed by atoms with E-state index in [4.69, 9.17) is 5.11 Å². The van der Waals surface area contributed by atoms with Crippen molar-refractivity contribution in [2.24, 2.45) is 0 Å². The first-order valence-corrected chi connectivity index (χ1v) is 7.43. The van der Waals surface area contributed by atoms with Crippen LogP contribution in [0.4, 0.5) is 10.5 Å². The van der Waals surface area contributed by atoms with E-state index in [1.54, 1.807) is 11.3 Å². The maximum atomic E-state index is 11.8. The molecule has 0 spiro atoms. The summed E-state index contributed by atoms with van der Waals surface area (Å²) >= 11 is 1.55. The number of anilines is 1. The maximum absolute atomic E-state index is 11.8. The average molecular weight is 300 g/mol. The number of carbonyl (C=O) groups is 1. The first-order chi connectivity index (χ1) is 10.3. The van der Waals surface area contributed by atoms with E-state index in [1.165, 1.54) is 0 Å². The van der Waals surface area contributed by atoms with Crippen LogP contribution < -0.4 is 10.6 Å². The second-order valence-corrected chi connectivity index (χ2v) is 5.21. The van der Waals surface area contributed by atoms with Gasteiger partial charge in [-0.15, -0.1) is 11.3 Å². The zero-order valence-electron chi connectivity index (χ0n) is 11.4. The van der Waals surface area contributed by atoms with Crippen LogP contribution >= 0.6 is 11.3 Å². The van der Waals surface area contributed by atoms with Crippen LogP contribution in [0.2, 0.25) is 0 Å². The minimum Gasteiger partial charge on any atom is -0.395 e.